The number of rotatable bonds is 4. The van der Waals surface area contributed by atoms with Gasteiger partial charge in [-0.2, -0.15) is 9.97 Å². The molecule has 5 heteroatoms. The van der Waals surface area contributed by atoms with Gasteiger partial charge in [-0.25, -0.2) is 4.98 Å². The van der Waals surface area contributed by atoms with Crippen LogP contribution in [0.3, 0.4) is 0 Å². The van der Waals surface area contributed by atoms with Crippen LogP contribution in [-0.2, 0) is 6.42 Å². The van der Waals surface area contributed by atoms with Crippen LogP contribution in [0.5, 0.6) is 0 Å². The molecule has 5 nitrogen and oxygen atoms in total. The quantitative estimate of drug-likeness (QED) is 0.185. The van der Waals surface area contributed by atoms with Crippen LogP contribution < -0.4 is 10.6 Å². The van der Waals surface area contributed by atoms with Gasteiger partial charge in [-0.05, 0) is 70.7 Å². The summed E-state index contributed by atoms with van der Waals surface area (Å²) in [4.78, 5) is 15.4. The number of hydrogen-bond acceptors (Lipinski definition) is 3. The standard InChI is InChI=1S/C49H31N5/c1-4-14-30(15-5-1)47-50-48(31-16-6-2-7-17-31)52-49(51-47)54-40-23-13-11-21-36(40)46-38-27-26-37-43-32(24-25-33(44(38)43)29-42(46)54)28-41-45(37)35-20-10-12-22-39(35)53(41)34-18-8-3-9-19-34/h1-24,26-29,43H,25H2. The van der Waals surface area contributed by atoms with E-state index in [1.54, 1.807) is 0 Å². The molecule has 0 saturated carbocycles. The highest BCUT2D eigenvalue weighted by atomic mass is 15.2. The molecule has 3 aliphatic carbocycles. The largest absolute Gasteiger partial charge is 0.309 e. The molecule has 0 bridgehead atoms. The zero-order valence-electron chi connectivity index (χ0n) is 29.2. The highest BCUT2D eigenvalue weighted by Gasteiger charge is 2.35. The van der Waals surface area contributed by atoms with Gasteiger partial charge >= 0.3 is 0 Å². The summed E-state index contributed by atoms with van der Waals surface area (Å²) in [5.74, 6) is 2.08. The molecule has 3 heterocycles. The molecule has 0 N–H and O–H groups in total. The van der Waals surface area contributed by atoms with Gasteiger partial charge in [0.15, 0.2) is 11.6 Å². The zero-order chi connectivity index (χ0) is 35.3. The molecule has 252 valence electrons. The van der Waals surface area contributed by atoms with Crippen molar-refractivity contribution in [2.75, 3.05) is 0 Å². The van der Waals surface area contributed by atoms with Crippen LogP contribution in [0.1, 0.15) is 22.6 Å². The van der Waals surface area contributed by atoms with Gasteiger partial charge in [-0.15, -0.1) is 0 Å². The first-order valence-corrected chi connectivity index (χ1v) is 18.6. The molecule has 54 heavy (non-hydrogen) atoms. The molecule has 9 aromatic rings. The second kappa shape index (κ2) is 11.2. The maximum atomic E-state index is 5.20. The van der Waals surface area contributed by atoms with E-state index in [0.29, 0.717) is 17.6 Å². The second-order valence-corrected chi connectivity index (χ2v) is 14.3. The summed E-state index contributed by atoms with van der Waals surface area (Å²) in [5.41, 5.74) is 13.3. The number of fused-ring (bicyclic) bond motifs is 7. The smallest absolute Gasteiger partial charge is 0.238 e. The van der Waals surface area contributed by atoms with Crippen molar-refractivity contribution in [3.05, 3.63) is 191 Å². The Bertz CT molecular complexity index is 3160. The minimum Gasteiger partial charge on any atom is -0.309 e. The van der Waals surface area contributed by atoms with E-state index in [1.165, 1.54) is 65.8 Å². The van der Waals surface area contributed by atoms with Gasteiger partial charge in [0.1, 0.15) is 0 Å². The minimum absolute atomic E-state index is 0.161. The van der Waals surface area contributed by atoms with Crippen molar-refractivity contribution in [2.45, 2.75) is 12.3 Å². The highest BCUT2D eigenvalue weighted by Crippen LogP contribution is 2.50. The van der Waals surface area contributed by atoms with Gasteiger partial charge in [-0.3, -0.25) is 4.57 Å². The van der Waals surface area contributed by atoms with Crippen LogP contribution in [-0.4, -0.2) is 24.1 Å². The van der Waals surface area contributed by atoms with Crippen LogP contribution in [0.2, 0.25) is 0 Å². The van der Waals surface area contributed by atoms with E-state index in [1.807, 2.05) is 36.4 Å². The molecule has 1 atom stereocenters. The predicted molar refractivity (Wildman–Crippen MR) is 219 cm³/mol. The molecule has 3 aromatic heterocycles. The van der Waals surface area contributed by atoms with Gasteiger partial charge in [0.25, 0.3) is 0 Å². The van der Waals surface area contributed by atoms with Crippen LogP contribution in [0.25, 0.3) is 84.8 Å². The second-order valence-electron chi connectivity index (χ2n) is 14.3. The number of aromatic nitrogens is 5. The summed E-state index contributed by atoms with van der Waals surface area (Å²) in [6.07, 6.45) is 10.5. The molecule has 12 rings (SSSR count). The van der Waals surface area contributed by atoms with Crippen molar-refractivity contribution in [1.82, 2.24) is 24.1 Å². The fraction of sp³-hybridized carbons (Fsp3) is 0.0408. The van der Waals surface area contributed by atoms with E-state index in [4.69, 9.17) is 15.0 Å². The third-order valence-electron chi connectivity index (χ3n) is 11.5. The average Bonchev–Trinajstić information content (AvgIpc) is 3.76. The Hall–Kier alpha value is -7.11. The van der Waals surface area contributed by atoms with Gasteiger partial charge in [-0.1, -0.05) is 133 Å². The normalized spacial score (nSPS) is 15.3. The summed E-state index contributed by atoms with van der Waals surface area (Å²) in [5, 5.41) is 6.31. The van der Waals surface area contributed by atoms with Gasteiger partial charge in [0, 0.05) is 44.1 Å². The lowest BCUT2D eigenvalue weighted by molar-refractivity contribution is 0.936. The van der Waals surface area contributed by atoms with Crippen molar-refractivity contribution >= 4 is 50.4 Å². The first-order chi connectivity index (χ1) is 26.8. The number of nitrogens with zero attached hydrogens (tertiary/aromatic N) is 5. The lowest BCUT2D eigenvalue weighted by Crippen LogP contribution is -2.37. The third-order valence-corrected chi connectivity index (χ3v) is 11.5. The molecule has 0 aliphatic heterocycles. The fourth-order valence-electron chi connectivity index (χ4n) is 9.22. The Kier molecular flexibility index (Phi) is 6.11. The molecule has 6 aromatic carbocycles. The topological polar surface area (TPSA) is 48.5 Å². The van der Waals surface area contributed by atoms with Crippen molar-refractivity contribution in [3.8, 4) is 34.4 Å². The molecular weight excluding hydrogens is 659 g/mol. The fourth-order valence-corrected chi connectivity index (χ4v) is 9.22. The lowest BCUT2D eigenvalue weighted by atomic mass is 9.70. The zero-order valence-corrected chi connectivity index (χ0v) is 29.2. The number of hydrogen-bond donors (Lipinski definition) is 0. The van der Waals surface area contributed by atoms with Gasteiger partial charge in [0.05, 0.1) is 21.9 Å². The number of para-hydroxylation sites is 3. The molecule has 1 unspecified atom stereocenters. The molecule has 0 spiro atoms. The average molecular weight is 690 g/mol. The molecule has 0 fully saturated rings. The maximum Gasteiger partial charge on any atom is 0.238 e. The summed E-state index contributed by atoms with van der Waals surface area (Å²) in [7, 11) is 0. The minimum atomic E-state index is 0.161. The van der Waals surface area contributed by atoms with Crippen molar-refractivity contribution in [2.24, 2.45) is 0 Å². The van der Waals surface area contributed by atoms with E-state index in [-0.39, 0.29) is 5.92 Å². The Morgan fingerprint density at radius 1 is 0.556 bits per heavy atom. The number of allylic oxidation sites excluding steroid dienone is 3. The predicted octanol–water partition coefficient (Wildman–Crippen LogP) is 9.48. The maximum absolute atomic E-state index is 5.20. The van der Waals surface area contributed by atoms with Crippen LogP contribution >= 0.6 is 0 Å². The van der Waals surface area contributed by atoms with E-state index in [2.05, 4.69) is 143 Å². The first-order valence-electron chi connectivity index (χ1n) is 18.6. The molecule has 0 radical (unpaired) electrons. The Morgan fingerprint density at radius 3 is 1.87 bits per heavy atom. The van der Waals surface area contributed by atoms with Crippen molar-refractivity contribution in [1.29, 1.82) is 0 Å². The highest BCUT2D eigenvalue weighted by molar-refractivity contribution is 6.15. The number of benzene rings is 6. The SMILES string of the molecule is C1=Cc2c3c(cc4c2c2ccccc2n4-c2nc(-c4ccccc4)nc(-c4ccccc4)n2)CC=C2C=c4c(c5ccccc5n4-c4ccccc4)=C1C23. The summed E-state index contributed by atoms with van der Waals surface area (Å²) < 4.78 is 4.69. The van der Waals surface area contributed by atoms with Crippen LogP contribution in [0, 0.1) is 0 Å². The third kappa shape index (κ3) is 4.12. The molecule has 3 aliphatic rings. The van der Waals surface area contributed by atoms with Gasteiger partial charge < -0.3 is 4.57 Å². The van der Waals surface area contributed by atoms with Gasteiger partial charge in [0.2, 0.25) is 5.95 Å². The van der Waals surface area contributed by atoms with E-state index >= 15 is 0 Å². The lowest BCUT2D eigenvalue weighted by Gasteiger charge is -2.33. The molecule has 0 amide bonds. The Labute approximate surface area is 310 Å². The Morgan fingerprint density at radius 2 is 1.17 bits per heavy atom. The summed E-state index contributed by atoms with van der Waals surface area (Å²) in [6.45, 7) is 0. The van der Waals surface area contributed by atoms with E-state index < -0.39 is 0 Å². The molecule has 0 saturated heterocycles. The van der Waals surface area contributed by atoms with Crippen LogP contribution in [0.4, 0.5) is 0 Å². The van der Waals surface area contributed by atoms with Crippen LogP contribution in [0.15, 0.2) is 163 Å². The van der Waals surface area contributed by atoms with E-state index in [9.17, 15) is 0 Å². The summed E-state index contributed by atoms with van der Waals surface area (Å²) >= 11 is 0. The first kappa shape index (κ1) is 29.5. The van der Waals surface area contributed by atoms with E-state index in [0.717, 1.165) is 28.6 Å². The molecular formula is C49H31N5. The van der Waals surface area contributed by atoms with Crippen molar-refractivity contribution < 1.29 is 0 Å². The monoisotopic (exact) mass is 689 g/mol. The van der Waals surface area contributed by atoms with Crippen molar-refractivity contribution in [3.63, 3.8) is 0 Å². The summed E-state index contributed by atoms with van der Waals surface area (Å²) in [6, 6.07) is 51.2. The Balaban J connectivity index is 1.15.